The SMILES string of the molecule is COCC1(CNS(=O)(=O)c2ccc(C)c(C(=O)OC)c2)CCNCC1. The number of esters is 1. The number of methoxy groups -OCH3 is 2. The zero-order chi connectivity index (χ0) is 18.5. The predicted molar refractivity (Wildman–Crippen MR) is 94.1 cm³/mol. The molecule has 25 heavy (non-hydrogen) atoms. The van der Waals surface area contributed by atoms with Gasteiger partial charge in [0, 0.05) is 19.1 Å². The third-order valence-corrected chi connectivity index (χ3v) is 6.08. The summed E-state index contributed by atoms with van der Waals surface area (Å²) in [7, 11) is -0.834. The Morgan fingerprint density at radius 3 is 2.56 bits per heavy atom. The maximum Gasteiger partial charge on any atom is 0.338 e. The van der Waals surface area contributed by atoms with Crippen molar-refractivity contribution in [3.8, 4) is 0 Å². The average molecular weight is 370 g/mol. The quantitative estimate of drug-likeness (QED) is 0.698. The zero-order valence-corrected chi connectivity index (χ0v) is 15.7. The molecular formula is C17H26N2O5S. The first-order valence-corrected chi connectivity index (χ1v) is 9.70. The summed E-state index contributed by atoms with van der Waals surface area (Å²) in [6.07, 6.45) is 1.68. The first-order valence-electron chi connectivity index (χ1n) is 8.22. The highest BCUT2D eigenvalue weighted by molar-refractivity contribution is 7.89. The molecule has 0 spiro atoms. The summed E-state index contributed by atoms with van der Waals surface area (Å²) in [6, 6.07) is 4.46. The standard InChI is InChI=1S/C17H26N2O5S/c1-13-4-5-14(10-15(13)16(20)24-3)25(21,22)19-11-17(12-23-2)6-8-18-9-7-17/h4-5,10,18-19H,6-9,11-12H2,1-3H3. The van der Waals surface area contributed by atoms with Gasteiger partial charge in [0.15, 0.2) is 0 Å². The summed E-state index contributed by atoms with van der Waals surface area (Å²) < 4.78 is 38.1. The number of nitrogens with one attached hydrogen (secondary N) is 2. The van der Waals surface area contributed by atoms with E-state index in [4.69, 9.17) is 9.47 Å². The Labute approximate surface area is 149 Å². The van der Waals surface area contributed by atoms with E-state index >= 15 is 0 Å². The van der Waals surface area contributed by atoms with E-state index in [9.17, 15) is 13.2 Å². The van der Waals surface area contributed by atoms with E-state index in [1.165, 1.54) is 19.2 Å². The number of aryl methyl sites for hydroxylation is 1. The highest BCUT2D eigenvalue weighted by Crippen LogP contribution is 2.29. The van der Waals surface area contributed by atoms with Gasteiger partial charge < -0.3 is 14.8 Å². The number of sulfonamides is 1. The molecule has 2 N–H and O–H groups in total. The Kier molecular flexibility index (Phi) is 6.56. The van der Waals surface area contributed by atoms with Crippen LogP contribution in [0.1, 0.15) is 28.8 Å². The third-order valence-electron chi connectivity index (χ3n) is 4.68. The van der Waals surface area contributed by atoms with Crippen LogP contribution >= 0.6 is 0 Å². The van der Waals surface area contributed by atoms with Gasteiger partial charge in [-0.1, -0.05) is 6.07 Å². The van der Waals surface area contributed by atoms with Crippen LogP contribution < -0.4 is 10.0 Å². The predicted octanol–water partition coefficient (Wildman–Crippen LogP) is 1.08. The van der Waals surface area contributed by atoms with Crippen LogP contribution in [0.4, 0.5) is 0 Å². The molecule has 1 aliphatic rings. The van der Waals surface area contributed by atoms with E-state index in [0.717, 1.165) is 25.9 Å². The van der Waals surface area contributed by atoms with Gasteiger partial charge in [-0.05, 0) is 50.6 Å². The van der Waals surface area contributed by atoms with Crippen LogP contribution in [0.25, 0.3) is 0 Å². The van der Waals surface area contributed by atoms with Crippen molar-refractivity contribution < 1.29 is 22.7 Å². The van der Waals surface area contributed by atoms with Gasteiger partial charge in [-0.3, -0.25) is 0 Å². The van der Waals surface area contributed by atoms with Crippen LogP contribution in [0.3, 0.4) is 0 Å². The lowest BCUT2D eigenvalue weighted by molar-refractivity contribution is 0.0577. The minimum absolute atomic E-state index is 0.0556. The molecule has 0 aliphatic carbocycles. The van der Waals surface area contributed by atoms with Crippen molar-refractivity contribution >= 4 is 16.0 Å². The van der Waals surface area contributed by atoms with E-state index in [2.05, 4.69) is 10.0 Å². The molecule has 1 aromatic rings. The van der Waals surface area contributed by atoms with E-state index in [0.29, 0.717) is 18.7 Å². The maximum atomic E-state index is 12.7. The van der Waals surface area contributed by atoms with Crippen LogP contribution in [0.2, 0.25) is 0 Å². The number of ether oxygens (including phenoxy) is 2. The minimum atomic E-state index is -3.73. The van der Waals surface area contributed by atoms with Gasteiger partial charge >= 0.3 is 5.97 Å². The van der Waals surface area contributed by atoms with Crippen molar-refractivity contribution in [1.29, 1.82) is 0 Å². The van der Waals surface area contributed by atoms with Gasteiger partial charge in [0.25, 0.3) is 0 Å². The van der Waals surface area contributed by atoms with E-state index in [-0.39, 0.29) is 15.9 Å². The molecule has 0 amide bonds. The topological polar surface area (TPSA) is 93.7 Å². The Balaban J connectivity index is 2.19. The van der Waals surface area contributed by atoms with E-state index in [1.807, 2.05) is 0 Å². The normalized spacial score (nSPS) is 17.2. The second kappa shape index (κ2) is 8.27. The summed E-state index contributed by atoms with van der Waals surface area (Å²) in [4.78, 5) is 11.8. The third kappa shape index (κ3) is 4.78. The fraction of sp³-hybridized carbons (Fsp3) is 0.588. The zero-order valence-electron chi connectivity index (χ0n) is 14.9. The van der Waals surface area contributed by atoms with Crippen LogP contribution in [0.15, 0.2) is 23.1 Å². The summed E-state index contributed by atoms with van der Waals surface area (Å²) in [5.41, 5.74) is 0.696. The molecule has 1 saturated heterocycles. The first kappa shape index (κ1) is 19.8. The number of carbonyl (C=O) groups is 1. The van der Waals surface area contributed by atoms with Crippen molar-refractivity contribution in [2.24, 2.45) is 5.41 Å². The molecule has 0 atom stereocenters. The monoisotopic (exact) mass is 370 g/mol. The second-order valence-corrected chi connectivity index (χ2v) is 8.24. The Morgan fingerprint density at radius 2 is 1.96 bits per heavy atom. The summed E-state index contributed by atoms with van der Waals surface area (Å²) in [5.74, 6) is -0.552. The van der Waals surface area contributed by atoms with Crippen molar-refractivity contribution in [3.05, 3.63) is 29.3 Å². The molecule has 1 fully saturated rings. The van der Waals surface area contributed by atoms with Gasteiger partial charge in [-0.15, -0.1) is 0 Å². The maximum absolute atomic E-state index is 12.7. The number of piperidine rings is 1. The lowest BCUT2D eigenvalue weighted by Gasteiger charge is -2.37. The lowest BCUT2D eigenvalue weighted by atomic mass is 9.80. The van der Waals surface area contributed by atoms with Gasteiger partial charge in [0.1, 0.15) is 0 Å². The number of rotatable bonds is 7. The number of hydrogen-bond donors (Lipinski definition) is 2. The molecule has 0 unspecified atom stereocenters. The lowest BCUT2D eigenvalue weighted by Crippen LogP contribution is -2.47. The number of carbonyl (C=O) groups excluding carboxylic acids is 1. The van der Waals surface area contributed by atoms with E-state index < -0.39 is 16.0 Å². The Morgan fingerprint density at radius 1 is 1.28 bits per heavy atom. The molecule has 1 aromatic carbocycles. The summed E-state index contributed by atoms with van der Waals surface area (Å²) >= 11 is 0. The van der Waals surface area contributed by atoms with Crippen molar-refractivity contribution in [2.75, 3.05) is 40.5 Å². The Bertz CT molecular complexity index is 706. The molecular weight excluding hydrogens is 344 g/mol. The van der Waals surface area contributed by atoms with Gasteiger partial charge in [-0.2, -0.15) is 0 Å². The minimum Gasteiger partial charge on any atom is -0.465 e. The van der Waals surface area contributed by atoms with Crippen LogP contribution in [0.5, 0.6) is 0 Å². The van der Waals surface area contributed by atoms with Crippen molar-refractivity contribution in [3.63, 3.8) is 0 Å². The van der Waals surface area contributed by atoms with Crippen molar-refractivity contribution in [1.82, 2.24) is 10.0 Å². The fourth-order valence-corrected chi connectivity index (χ4v) is 4.25. The van der Waals surface area contributed by atoms with Crippen molar-refractivity contribution in [2.45, 2.75) is 24.7 Å². The Hall–Kier alpha value is -1.48. The largest absolute Gasteiger partial charge is 0.465 e. The fourth-order valence-electron chi connectivity index (χ4n) is 3.07. The highest BCUT2D eigenvalue weighted by atomic mass is 32.2. The molecule has 7 nitrogen and oxygen atoms in total. The molecule has 0 aromatic heterocycles. The van der Waals surface area contributed by atoms with Gasteiger partial charge in [-0.25, -0.2) is 17.9 Å². The molecule has 0 bridgehead atoms. The van der Waals surface area contributed by atoms with E-state index in [1.54, 1.807) is 20.1 Å². The molecule has 1 heterocycles. The average Bonchev–Trinajstić information content (AvgIpc) is 2.61. The van der Waals surface area contributed by atoms with Crippen LogP contribution in [-0.4, -0.2) is 54.8 Å². The molecule has 0 saturated carbocycles. The number of hydrogen-bond acceptors (Lipinski definition) is 6. The molecule has 1 aliphatic heterocycles. The first-order chi connectivity index (χ1) is 11.8. The van der Waals surface area contributed by atoms with Gasteiger partial charge in [0.05, 0.1) is 24.2 Å². The second-order valence-electron chi connectivity index (χ2n) is 6.48. The summed E-state index contributed by atoms with van der Waals surface area (Å²) in [5, 5.41) is 3.28. The van der Waals surface area contributed by atoms with Crippen LogP contribution in [0, 0.1) is 12.3 Å². The molecule has 2 rings (SSSR count). The number of benzene rings is 1. The smallest absolute Gasteiger partial charge is 0.338 e. The molecule has 8 heteroatoms. The van der Waals surface area contributed by atoms with Crippen LogP contribution in [-0.2, 0) is 19.5 Å². The van der Waals surface area contributed by atoms with Gasteiger partial charge in [0.2, 0.25) is 10.0 Å². The molecule has 0 radical (unpaired) electrons. The summed E-state index contributed by atoms with van der Waals surface area (Å²) in [6.45, 7) is 4.20. The molecule has 140 valence electrons. The highest BCUT2D eigenvalue weighted by Gasteiger charge is 2.33.